The van der Waals surface area contributed by atoms with Gasteiger partial charge in [-0.25, -0.2) is 4.79 Å². The lowest BCUT2D eigenvalue weighted by Gasteiger charge is -2.08. The Hall–Kier alpha value is -1.62. The molecule has 0 saturated carbocycles. The second kappa shape index (κ2) is 4.09. The number of nitrogens with two attached hydrogens (primary N) is 1. The highest BCUT2D eigenvalue weighted by atomic mass is 79.9. The van der Waals surface area contributed by atoms with Crippen LogP contribution in [0.2, 0.25) is 0 Å². The van der Waals surface area contributed by atoms with Gasteiger partial charge in [-0.05, 0) is 12.1 Å². The van der Waals surface area contributed by atoms with Gasteiger partial charge in [0, 0.05) is 16.1 Å². The van der Waals surface area contributed by atoms with Crippen molar-refractivity contribution in [3.8, 4) is 0 Å². The number of nitrogen functional groups attached to an aromatic ring is 1. The van der Waals surface area contributed by atoms with Gasteiger partial charge < -0.3 is 10.5 Å². The van der Waals surface area contributed by atoms with E-state index in [0.717, 1.165) is 9.86 Å². The lowest BCUT2D eigenvalue weighted by molar-refractivity contribution is 0.0602. The van der Waals surface area contributed by atoms with E-state index >= 15 is 0 Å². The average molecular weight is 281 g/mol. The molecular formula is C11H9BrN2O2. The Labute approximate surface area is 101 Å². The monoisotopic (exact) mass is 280 g/mol. The first-order valence-electron chi connectivity index (χ1n) is 4.56. The summed E-state index contributed by atoms with van der Waals surface area (Å²) in [4.78, 5) is 15.6. The number of carbonyl (C=O) groups excluding carboxylic acids is 1. The molecule has 1 aromatic heterocycles. The lowest BCUT2D eigenvalue weighted by atomic mass is 10.1. The summed E-state index contributed by atoms with van der Waals surface area (Å²) in [6.07, 6.45) is 1.63. The highest BCUT2D eigenvalue weighted by molar-refractivity contribution is 9.10. The van der Waals surface area contributed by atoms with Crippen LogP contribution in [0.15, 0.2) is 28.9 Å². The number of methoxy groups -OCH3 is 1. The fraction of sp³-hybridized carbons (Fsp3) is 0.0909. The molecule has 0 unspecified atom stereocenters. The smallest absolute Gasteiger partial charge is 0.340 e. The molecule has 2 N–H and O–H groups in total. The number of fused-ring (bicyclic) bond motifs is 1. The first kappa shape index (κ1) is 10.9. The molecule has 1 aromatic carbocycles. The van der Waals surface area contributed by atoms with E-state index < -0.39 is 5.97 Å². The number of rotatable bonds is 1. The highest BCUT2D eigenvalue weighted by Crippen LogP contribution is 2.30. The number of aromatic nitrogens is 1. The number of pyridine rings is 1. The Morgan fingerprint density at radius 1 is 1.56 bits per heavy atom. The predicted molar refractivity (Wildman–Crippen MR) is 65.2 cm³/mol. The van der Waals surface area contributed by atoms with Crippen LogP contribution in [0.4, 0.5) is 5.69 Å². The number of hydrogen-bond acceptors (Lipinski definition) is 4. The van der Waals surface area contributed by atoms with Gasteiger partial charge in [-0.15, -0.1) is 0 Å². The summed E-state index contributed by atoms with van der Waals surface area (Å²) in [5.74, 6) is -0.467. The number of carbonyl (C=O) groups is 1. The zero-order valence-electron chi connectivity index (χ0n) is 8.53. The standard InChI is InChI=1S/C11H9BrN2O2/c1-16-11(15)7-5-8(12)6-3-2-4-14-10(6)9(7)13/h2-5H,13H2,1H3. The minimum Gasteiger partial charge on any atom is -0.465 e. The second-order valence-electron chi connectivity index (χ2n) is 3.21. The van der Waals surface area contributed by atoms with E-state index in [1.807, 2.05) is 12.1 Å². The van der Waals surface area contributed by atoms with Gasteiger partial charge in [0.1, 0.15) is 0 Å². The van der Waals surface area contributed by atoms with Crippen molar-refractivity contribution in [2.45, 2.75) is 0 Å². The quantitative estimate of drug-likeness (QED) is 0.643. The molecule has 2 rings (SSSR count). The van der Waals surface area contributed by atoms with Crippen LogP contribution in [0.5, 0.6) is 0 Å². The summed E-state index contributed by atoms with van der Waals surface area (Å²) >= 11 is 3.38. The van der Waals surface area contributed by atoms with Crippen LogP contribution in [-0.2, 0) is 4.74 Å². The Bertz CT molecular complexity index is 569. The number of esters is 1. The highest BCUT2D eigenvalue weighted by Gasteiger charge is 2.15. The molecule has 0 fully saturated rings. The SMILES string of the molecule is COC(=O)c1cc(Br)c2cccnc2c1N. The fourth-order valence-electron chi connectivity index (χ4n) is 1.50. The Kier molecular flexibility index (Phi) is 2.78. The van der Waals surface area contributed by atoms with Gasteiger partial charge in [0.05, 0.1) is 23.9 Å². The molecule has 1 heterocycles. The van der Waals surface area contributed by atoms with Crippen LogP contribution >= 0.6 is 15.9 Å². The van der Waals surface area contributed by atoms with Crippen LogP contribution in [0, 0.1) is 0 Å². The van der Waals surface area contributed by atoms with Crippen LogP contribution in [0.25, 0.3) is 10.9 Å². The van der Waals surface area contributed by atoms with Crippen LogP contribution in [0.1, 0.15) is 10.4 Å². The molecule has 82 valence electrons. The number of halogens is 1. The number of benzene rings is 1. The third-order valence-corrected chi connectivity index (χ3v) is 2.94. The maximum absolute atomic E-state index is 11.5. The van der Waals surface area contributed by atoms with E-state index in [-0.39, 0.29) is 0 Å². The Morgan fingerprint density at radius 2 is 2.31 bits per heavy atom. The number of hydrogen-bond donors (Lipinski definition) is 1. The van der Waals surface area contributed by atoms with E-state index in [1.54, 1.807) is 12.3 Å². The van der Waals surface area contributed by atoms with Gasteiger partial charge in [0.15, 0.2) is 0 Å². The van der Waals surface area contributed by atoms with E-state index in [2.05, 4.69) is 25.7 Å². The van der Waals surface area contributed by atoms with Crippen molar-refractivity contribution in [1.82, 2.24) is 4.98 Å². The minimum absolute atomic E-state index is 0.320. The van der Waals surface area contributed by atoms with Gasteiger partial charge in [-0.2, -0.15) is 0 Å². The summed E-state index contributed by atoms with van der Waals surface area (Å²) in [5.41, 5.74) is 7.13. The molecule has 0 aliphatic heterocycles. The third kappa shape index (κ3) is 1.63. The number of ether oxygens (including phenoxy) is 1. The lowest BCUT2D eigenvalue weighted by Crippen LogP contribution is -2.06. The molecule has 0 bridgehead atoms. The average Bonchev–Trinajstić information content (AvgIpc) is 2.33. The molecule has 0 amide bonds. The van der Waals surface area contributed by atoms with Gasteiger partial charge in [-0.1, -0.05) is 22.0 Å². The molecule has 0 spiro atoms. The minimum atomic E-state index is -0.467. The topological polar surface area (TPSA) is 65.2 Å². The summed E-state index contributed by atoms with van der Waals surface area (Å²) < 4.78 is 5.42. The van der Waals surface area contributed by atoms with Gasteiger partial charge in [-0.3, -0.25) is 4.98 Å². The van der Waals surface area contributed by atoms with Crippen LogP contribution < -0.4 is 5.73 Å². The maximum Gasteiger partial charge on any atom is 0.340 e. The summed E-state index contributed by atoms with van der Waals surface area (Å²) in [6.45, 7) is 0. The Morgan fingerprint density at radius 3 is 3.00 bits per heavy atom. The van der Waals surface area contributed by atoms with Crippen molar-refractivity contribution in [2.75, 3.05) is 12.8 Å². The maximum atomic E-state index is 11.5. The van der Waals surface area contributed by atoms with Gasteiger partial charge in [0.2, 0.25) is 0 Å². The summed E-state index contributed by atoms with van der Waals surface area (Å²) in [6, 6.07) is 5.33. The molecule has 4 nitrogen and oxygen atoms in total. The van der Waals surface area contributed by atoms with E-state index in [0.29, 0.717) is 16.8 Å². The zero-order valence-corrected chi connectivity index (χ0v) is 10.1. The largest absolute Gasteiger partial charge is 0.465 e. The molecule has 0 atom stereocenters. The Balaban J connectivity index is 2.80. The van der Waals surface area contributed by atoms with E-state index in [4.69, 9.17) is 5.73 Å². The first-order valence-corrected chi connectivity index (χ1v) is 5.35. The summed E-state index contributed by atoms with van der Waals surface area (Å²) in [5, 5.41) is 0.868. The molecule has 0 saturated heterocycles. The van der Waals surface area contributed by atoms with Crippen molar-refractivity contribution in [1.29, 1.82) is 0 Å². The van der Waals surface area contributed by atoms with Crippen molar-refractivity contribution in [2.24, 2.45) is 0 Å². The predicted octanol–water partition coefficient (Wildman–Crippen LogP) is 2.37. The third-order valence-electron chi connectivity index (χ3n) is 2.29. The van der Waals surface area contributed by atoms with Gasteiger partial charge in [0.25, 0.3) is 0 Å². The molecular weight excluding hydrogens is 272 g/mol. The second-order valence-corrected chi connectivity index (χ2v) is 4.07. The number of nitrogens with zero attached hydrogens (tertiary/aromatic N) is 1. The van der Waals surface area contributed by atoms with E-state index in [1.165, 1.54) is 7.11 Å². The normalized spacial score (nSPS) is 10.4. The first-order chi connectivity index (χ1) is 7.65. The van der Waals surface area contributed by atoms with Crippen LogP contribution in [-0.4, -0.2) is 18.1 Å². The molecule has 0 radical (unpaired) electrons. The fourth-order valence-corrected chi connectivity index (χ4v) is 2.05. The molecule has 5 heteroatoms. The van der Waals surface area contributed by atoms with Crippen molar-refractivity contribution >= 4 is 38.5 Å². The zero-order chi connectivity index (χ0) is 11.7. The van der Waals surface area contributed by atoms with Gasteiger partial charge >= 0.3 is 5.97 Å². The molecule has 0 aliphatic rings. The molecule has 0 aliphatic carbocycles. The van der Waals surface area contributed by atoms with E-state index in [9.17, 15) is 4.79 Å². The molecule has 2 aromatic rings. The number of anilines is 1. The van der Waals surface area contributed by atoms with Crippen molar-refractivity contribution in [3.05, 3.63) is 34.4 Å². The molecule has 16 heavy (non-hydrogen) atoms. The van der Waals surface area contributed by atoms with Crippen molar-refractivity contribution < 1.29 is 9.53 Å². The summed E-state index contributed by atoms with van der Waals surface area (Å²) in [7, 11) is 1.32. The van der Waals surface area contributed by atoms with Crippen molar-refractivity contribution in [3.63, 3.8) is 0 Å². The van der Waals surface area contributed by atoms with Crippen LogP contribution in [0.3, 0.4) is 0 Å².